The third kappa shape index (κ3) is 4.41. The van der Waals surface area contributed by atoms with Crippen molar-refractivity contribution in [3.8, 4) is 0 Å². The number of ketones is 1. The molecule has 0 saturated carbocycles. The summed E-state index contributed by atoms with van der Waals surface area (Å²) in [4.78, 5) is 20.0. The van der Waals surface area contributed by atoms with E-state index in [1.54, 1.807) is 13.0 Å². The smallest absolute Gasteiger partial charge is 0.159 e. The predicted molar refractivity (Wildman–Crippen MR) is 101 cm³/mol. The molecule has 5 nitrogen and oxygen atoms in total. The number of hydrogen-bond donors (Lipinski definition) is 2. The summed E-state index contributed by atoms with van der Waals surface area (Å²) < 4.78 is 0. The van der Waals surface area contributed by atoms with Gasteiger partial charge in [0.05, 0.1) is 0 Å². The van der Waals surface area contributed by atoms with Crippen LogP contribution in [0.15, 0.2) is 54.9 Å². The quantitative estimate of drug-likeness (QED) is 0.658. The van der Waals surface area contributed by atoms with Crippen molar-refractivity contribution in [3.05, 3.63) is 71.5 Å². The lowest BCUT2D eigenvalue weighted by molar-refractivity contribution is 0.101. The number of nitrogens with one attached hydrogen (secondary N) is 2. The van der Waals surface area contributed by atoms with Crippen LogP contribution in [-0.2, 0) is 0 Å². The summed E-state index contributed by atoms with van der Waals surface area (Å²) in [5, 5.41) is 6.50. The van der Waals surface area contributed by atoms with Crippen LogP contribution in [0.25, 0.3) is 0 Å². The van der Waals surface area contributed by atoms with Crippen molar-refractivity contribution >= 4 is 28.8 Å². The van der Waals surface area contributed by atoms with Gasteiger partial charge in [0.25, 0.3) is 0 Å². The maximum Gasteiger partial charge on any atom is 0.159 e. The van der Waals surface area contributed by atoms with E-state index >= 15 is 0 Å². The van der Waals surface area contributed by atoms with Crippen molar-refractivity contribution in [3.63, 3.8) is 0 Å². The van der Waals surface area contributed by atoms with Crippen LogP contribution in [0.3, 0.4) is 0 Å². The molecule has 1 heterocycles. The van der Waals surface area contributed by atoms with E-state index in [1.807, 2.05) is 24.3 Å². The van der Waals surface area contributed by atoms with E-state index in [9.17, 15) is 4.79 Å². The minimum atomic E-state index is 0.0310. The third-order valence-corrected chi connectivity index (χ3v) is 3.70. The van der Waals surface area contributed by atoms with Crippen LogP contribution >= 0.6 is 0 Å². The van der Waals surface area contributed by atoms with E-state index in [2.05, 4.69) is 52.6 Å². The zero-order valence-corrected chi connectivity index (χ0v) is 14.5. The monoisotopic (exact) mass is 332 g/mol. The number of anilines is 4. The minimum absolute atomic E-state index is 0.0310. The average molecular weight is 332 g/mol. The van der Waals surface area contributed by atoms with Gasteiger partial charge in [-0.1, -0.05) is 18.2 Å². The summed E-state index contributed by atoms with van der Waals surface area (Å²) in [6.07, 6.45) is 1.50. The predicted octanol–water partition coefficient (Wildman–Crippen LogP) is 4.78. The second-order valence-corrected chi connectivity index (χ2v) is 6.05. The van der Waals surface area contributed by atoms with Crippen molar-refractivity contribution in [1.29, 1.82) is 0 Å². The van der Waals surface area contributed by atoms with Crippen molar-refractivity contribution < 1.29 is 4.79 Å². The highest BCUT2D eigenvalue weighted by Gasteiger charge is 2.04. The van der Waals surface area contributed by atoms with Gasteiger partial charge >= 0.3 is 0 Å². The molecule has 0 unspecified atom stereocenters. The first kappa shape index (κ1) is 16.6. The molecule has 25 heavy (non-hydrogen) atoms. The maximum atomic E-state index is 11.5. The number of aryl methyl sites for hydroxylation is 2. The maximum absolute atomic E-state index is 11.5. The van der Waals surface area contributed by atoms with Crippen LogP contribution in [-0.4, -0.2) is 15.8 Å². The number of nitrogens with zero attached hydrogens (tertiary/aromatic N) is 2. The first-order valence-electron chi connectivity index (χ1n) is 8.05. The Morgan fingerprint density at radius 3 is 2.12 bits per heavy atom. The lowest BCUT2D eigenvalue weighted by atomic mass is 10.1. The fourth-order valence-corrected chi connectivity index (χ4v) is 2.65. The van der Waals surface area contributed by atoms with Crippen molar-refractivity contribution in [2.45, 2.75) is 20.8 Å². The van der Waals surface area contributed by atoms with Gasteiger partial charge in [-0.3, -0.25) is 4.79 Å². The Morgan fingerprint density at radius 1 is 0.840 bits per heavy atom. The molecule has 0 spiro atoms. The standard InChI is InChI=1S/C20H20N4O/c1-13-7-14(2)9-18(8-13)24-20-11-19(21-12-22-20)23-17-6-4-5-16(10-17)15(3)25/h4-12H,1-3H3,(H2,21,22,23,24). The molecule has 0 aliphatic heterocycles. The number of carbonyl (C=O) groups is 1. The number of aromatic nitrogens is 2. The molecule has 5 heteroatoms. The van der Waals surface area contributed by atoms with Crippen LogP contribution in [0.4, 0.5) is 23.0 Å². The molecule has 126 valence electrons. The van der Waals surface area contributed by atoms with E-state index in [4.69, 9.17) is 0 Å². The van der Waals surface area contributed by atoms with Gasteiger partial charge in [-0.2, -0.15) is 0 Å². The number of carbonyl (C=O) groups excluding carboxylic acids is 1. The van der Waals surface area contributed by atoms with Gasteiger partial charge in [0.2, 0.25) is 0 Å². The van der Waals surface area contributed by atoms with Gasteiger partial charge < -0.3 is 10.6 Å². The summed E-state index contributed by atoms with van der Waals surface area (Å²) >= 11 is 0. The van der Waals surface area contributed by atoms with E-state index in [0.29, 0.717) is 17.2 Å². The molecule has 3 rings (SSSR count). The molecule has 0 bridgehead atoms. The van der Waals surface area contributed by atoms with E-state index in [-0.39, 0.29) is 5.78 Å². The summed E-state index contributed by atoms with van der Waals surface area (Å²) in [5.74, 6) is 1.39. The second-order valence-electron chi connectivity index (χ2n) is 6.05. The molecule has 0 radical (unpaired) electrons. The lowest BCUT2D eigenvalue weighted by Crippen LogP contribution is -2.00. The van der Waals surface area contributed by atoms with Gasteiger partial charge in [-0.05, 0) is 56.2 Å². The first-order chi connectivity index (χ1) is 12.0. The molecular formula is C20H20N4O. The van der Waals surface area contributed by atoms with Crippen LogP contribution in [0.5, 0.6) is 0 Å². The fraction of sp³-hybridized carbons (Fsp3) is 0.150. The lowest BCUT2D eigenvalue weighted by Gasteiger charge is -2.10. The number of hydrogen-bond acceptors (Lipinski definition) is 5. The highest BCUT2D eigenvalue weighted by Crippen LogP contribution is 2.21. The molecule has 2 aromatic carbocycles. The van der Waals surface area contributed by atoms with Crippen molar-refractivity contribution in [1.82, 2.24) is 9.97 Å². The second kappa shape index (κ2) is 7.13. The average Bonchev–Trinajstić information content (AvgIpc) is 2.54. The molecule has 0 atom stereocenters. The van der Waals surface area contributed by atoms with Crippen LogP contribution in [0, 0.1) is 13.8 Å². The molecule has 1 aromatic heterocycles. The Bertz CT molecular complexity index is 901. The van der Waals surface area contributed by atoms with Crippen LogP contribution in [0.2, 0.25) is 0 Å². The number of benzene rings is 2. The zero-order valence-electron chi connectivity index (χ0n) is 14.5. The number of rotatable bonds is 5. The largest absolute Gasteiger partial charge is 0.340 e. The van der Waals surface area contributed by atoms with E-state index in [0.717, 1.165) is 11.4 Å². The summed E-state index contributed by atoms with van der Waals surface area (Å²) in [6, 6.07) is 15.4. The SMILES string of the molecule is CC(=O)c1cccc(Nc2cc(Nc3cc(C)cc(C)c3)ncn2)c1. The summed E-state index contributed by atoms with van der Waals surface area (Å²) in [7, 11) is 0. The minimum Gasteiger partial charge on any atom is -0.340 e. The molecule has 0 amide bonds. The first-order valence-corrected chi connectivity index (χ1v) is 8.05. The van der Waals surface area contributed by atoms with Gasteiger partial charge in [-0.15, -0.1) is 0 Å². The van der Waals surface area contributed by atoms with Crippen LogP contribution in [0.1, 0.15) is 28.4 Å². The molecular weight excluding hydrogens is 312 g/mol. The topological polar surface area (TPSA) is 66.9 Å². The molecule has 3 aromatic rings. The molecule has 0 aliphatic rings. The van der Waals surface area contributed by atoms with Crippen molar-refractivity contribution in [2.24, 2.45) is 0 Å². The molecule has 0 saturated heterocycles. The Balaban J connectivity index is 1.79. The van der Waals surface area contributed by atoms with E-state index in [1.165, 1.54) is 17.5 Å². The summed E-state index contributed by atoms with van der Waals surface area (Å²) in [6.45, 7) is 5.68. The molecule has 0 aliphatic carbocycles. The van der Waals surface area contributed by atoms with E-state index < -0.39 is 0 Å². The highest BCUT2D eigenvalue weighted by atomic mass is 16.1. The van der Waals surface area contributed by atoms with Crippen molar-refractivity contribution in [2.75, 3.05) is 10.6 Å². The Hall–Kier alpha value is -3.21. The summed E-state index contributed by atoms with van der Waals surface area (Å²) in [5.41, 5.74) is 4.84. The highest BCUT2D eigenvalue weighted by molar-refractivity contribution is 5.95. The fourth-order valence-electron chi connectivity index (χ4n) is 2.65. The molecule has 2 N–H and O–H groups in total. The van der Waals surface area contributed by atoms with Crippen LogP contribution < -0.4 is 10.6 Å². The Labute approximate surface area is 147 Å². The molecule has 0 fully saturated rings. The Morgan fingerprint density at radius 2 is 1.48 bits per heavy atom. The van der Waals surface area contributed by atoms with Gasteiger partial charge in [0, 0.05) is 23.0 Å². The number of Topliss-reactive ketones (excluding diaryl/α,β-unsaturated/α-hetero) is 1. The third-order valence-electron chi connectivity index (χ3n) is 3.70. The Kier molecular flexibility index (Phi) is 4.75. The zero-order chi connectivity index (χ0) is 17.8. The van der Waals surface area contributed by atoms with Gasteiger partial charge in [0.15, 0.2) is 5.78 Å². The van der Waals surface area contributed by atoms with Gasteiger partial charge in [0.1, 0.15) is 18.0 Å². The normalized spacial score (nSPS) is 10.4. The van der Waals surface area contributed by atoms with Gasteiger partial charge in [-0.25, -0.2) is 9.97 Å².